The summed E-state index contributed by atoms with van der Waals surface area (Å²) >= 11 is 0. The number of rotatable bonds is 5. The van der Waals surface area contributed by atoms with Gasteiger partial charge in [0.05, 0.1) is 0 Å². The fraction of sp³-hybridized carbons (Fsp3) is 0.0833. The molecular weight excluding hydrogens is 302 g/mol. The zero-order valence-corrected chi connectivity index (χ0v) is 14.6. The lowest BCUT2D eigenvalue weighted by atomic mass is 9.95. The summed E-state index contributed by atoms with van der Waals surface area (Å²) < 4.78 is 0. The van der Waals surface area contributed by atoms with Gasteiger partial charge in [0.2, 0.25) is 0 Å². The number of nitrogens with two attached hydrogens (primary N) is 1. The molecule has 0 atom stereocenters. The Morgan fingerprint density at radius 2 is 1.56 bits per heavy atom. The lowest BCUT2D eigenvalue weighted by Crippen LogP contribution is -1.98. The Labute approximate surface area is 150 Å². The lowest BCUT2D eigenvalue weighted by Gasteiger charge is -2.12. The molecule has 0 saturated heterocycles. The van der Waals surface area contributed by atoms with Gasteiger partial charge in [-0.3, -0.25) is 0 Å². The van der Waals surface area contributed by atoms with E-state index in [0.717, 1.165) is 28.8 Å². The zero-order valence-electron chi connectivity index (χ0n) is 14.6. The molecule has 0 heterocycles. The number of hydrogen-bond acceptors (Lipinski definition) is 1. The van der Waals surface area contributed by atoms with E-state index in [1.807, 2.05) is 43.3 Å². The average molecular weight is 325 g/mol. The first-order valence-electron chi connectivity index (χ1n) is 8.52. The van der Waals surface area contributed by atoms with Crippen molar-refractivity contribution < 1.29 is 0 Å². The maximum atomic E-state index is 6.31. The molecule has 0 amide bonds. The van der Waals surface area contributed by atoms with E-state index in [1.165, 1.54) is 16.7 Å². The van der Waals surface area contributed by atoms with E-state index in [9.17, 15) is 0 Å². The van der Waals surface area contributed by atoms with Gasteiger partial charge in [-0.25, -0.2) is 0 Å². The quantitative estimate of drug-likeness (QED) is 0.553. The van der Waals surface area contributed by atoms with Gasteiger partial charge < -0.3 is 5.73 Å². The van der Waals surface area contributed by atoms with Crippen molar-refractivity contribution in [2.24, 2.45) is 0 Å². The van der Waals surface area contributed by atoms with Crippen LogP contribution in [0.25, 0.3) is 22.8 Å². The maximum absolute atomic E-state index is 6.31. The summed E-state index contributed by atoms with van der Waals surface area (Å²) in [6, 6.07) is 25.2. The molecule has 124 valence electrons. The Bertz CT molecular complexity index is 887. The van der Waals surface area contributed by atoms with Gasteiger partial charge in [0.25, 0.3) is 0 Å². The topological polar surface area (TPSA) is 26.0 Å². The van der Waals surface area contributed by atoms with E-state index in [1.54, 1.807) is 0 Å². The number of nitrogen functional groups attached to an aromatic ring is 1. The first kappa shape index (κ1) is 16.8. The van der Waals surface area contributed by atoms with Crippen LogP contribution in [0, 0.1) is 0 Å². The third kappa shape index (κ3) is 3.89. The second-order valence-corrected chi connectivity index (χ2v) is 6.15. The lowest BCUT2D eigenvalue weighted by molar-refractivity contribution is 1.29. The van der Waals surface area contributed by atoms with Gasteiger partial charge in [0.15, 0.2) is 0 Å². The summed E-state index contributed by atoms with van der Waals surface area (Å²) in [6.45, 7) is 6.25. The predicted molar refractivity (Wildman–Crippen MR) is 110 cm³/mol. The first-order valence-corrected chi connectivity index (χ1v) is 8.52. The predicted octanol–water partition coefficient (Wildman–Crippen LogP) is 6.22. The van der Waals surface area contributed by atoms with Gasteiger partial charge in [-0.2, -0.15) is 0 Å². The summed E-state index contributed by atoms with van der Waals surface area (Å²) in [5.74, 6) is 0. The van der Waals surface area contributed by atoms with Gasteiger partial charge in [-0.05, 0) is 41.2 Å². The highest BCUT2D eigenvalue weighted by Crippen LogP contribution is 2.28. The summed E-state index contributed by atoms with van der Waals surface area (Å²) in [6.07, 6.45) is 4.82. The first-order chi connectivity index (χ1) is 12.2. The molecule has 0 saturated carbocycles. The molecule has 0 aliphatic carbocycles. The fourth-order valence-electron chi connectivity index (χ4n) is 3.00. The summed E-state index contributed by atoms with van der Waals surface area (Å²) in [7, 11) is 0. The molecule has 25 heavy (non-hydrogen) atoms. The smallest absolute Gasteiger partial charge is 0.0463 e. The van der Waals surface area contributed by atoms with Crippen molar-refractivity contribution in [2.45, 2.75) is 13.3 Å². The molecule has 0 unspecified atom stereocenters. The number of benzene rings is 3. The number of para-hydroxylation sites is 1. The molecule has 3 aromatic carbocycles. The Hall–Kier alpha value is -3.06. The minimum atomic E-state index is 0.790. The van der Waals surface area contributed by atoms with Crippen LogP contribution in [0.4, 0.5) is 5.69 Å². The SMILES string of the molecule is C=C(Cc1ccc(-c2ccccc2)cc1)c1cccc(/C=C\C)c1N. The highest BCUT2D eigenvalue weighted by molar-refractivity contribution is 5.81. The van der Waals surface area contributed by atoms with Crippen molar-refractivity contribution in [3.63, 3.8) is 0 Å². The van der Waals surface area contributed by atoms with Crippen LogP contribution in [0.3, 0.4) is 0 Å². The monoisotopic (exact) mass is 325 g/mol. The van der Waals surface area contributed by atoms with Crippen molar-refractivity contribution >= 4 is 17.3 Å². The van der Waals surface area contributed by atoms with Crippen LogP contribution in [0.1, 0.15) is 23.6 Å². The van der Waals surface area contributed by atoms with Crippen LogP contribution in [-0.4, -0.2) is 0 Å². The minimum absolute atomic E-state index is 0.790. The van der Waals surface area contributed by atoms with Crippen molar-refractivity contribution in [2.75, 3.05) is 5.73 Å². The van der Waals surface area contributed by atoms with Crippen LogP contribution in [0.2, 0.25) is 0 Å². The number of hydrogen-bond donors (Lipinski definition) is 1. The largest absolute Gasteiger partial charge is 0.398 e. The van der Waals surface area contributed by atoms with Crippen LogP contribution < -0.4 is 5.73 Å². The van der Waals surface area contributed by atoms with Gasteiger partial charge in [0.1, 0.15) is 0 Å². The van der Waals surface area contributed by atoms with E-state index < -0.39 is 0 Å². The third-order valence-corrected chi connectivity index (χ3v) is 4.35. The molecule has 0 aliphatic heterocycles. The van der Waals surface area contributed by atoms with Crippen molar-refractivity contribution in [1.29, 1.82) is 0 Å². The summed E-state index contributed by atoms with van der Waals surface area (Å²) in [5, 5.41) is 0. The molecule has 0 spiro atoms. The van der Waals surface area contributed by atoms with E-state index in [4.69, 9.17) is 5.73 Å². The van der Waals surface area contributed by atoms with E-state index in [-0.39, 0.29) is 0 Å². The van der Waals surface area contributed by atoms with Crippen molar-refractivity contribution in [1.82, 2.24) is 0 Å². The van der Waals surface area contributed by atoms with Gasteiger partial charge >= 0.3 is 0 Å². The highest BCUT2D eigenvalue weighted by Gasteiger charge is 2.07. The second kappa shape index (κ2) is 7.67. The van der Waals surface area contributed by atoms with Crippen molar-refractivity contribution in [3.05, 3.63) is 102 Å². The zero-order chi connectivity index (χ0) is 17.6. The molecule has 0 bridgehead atoms. The van der Waals surface area contributed by atoms with Crippen LogP contribution in [0.15, 0.2) is 85.5 Å². The molecular formula is C24H23N. The maximum Gasteiger partial charge on any atom is 0.0463 e. The Kier molecular flexibility index (Phi) is 5.15. The average Bonchev–Trinajstić information content (AvgIpc) is 2.65. The van der Waals surface area contributed by atoms with E-state index in [2.05, 4.69) is 55.1 Å². The number of anilines is 1. The molecule has 1 nitrogen and oxygen atoms in total. The Morgan fingerprint density at radius 1 is 0.880 bits per heavy atom. The molecule has 0 aromatic heterocycles. The van der Waals surface area contributed by atoms with Crippen LogP contribution >= 0.6 is 0 Å². The van der Waals surface area contributed by atoms with E-state index in [0.29, 0.717) is 0 Å². The minimum Gasteiger partial charge on any atom is -0.398 e. The molecule has 1 heteroatoms. The molecule has 0 fully saturated rings. The summed E-state index contributed by atoms with van der Waals surface area (Å²) in [5.41, 5.74) is 13.9. The summed E-state index contributed by atoms with van der Waals surface area (Å²) in [4.78, 5) is 0. The molecule has 3 aromatic rings. The molecule has 0 radical (unpaired) electrons. The van der Waals surface area contributed by atoms with Gasteiger partial charge in [-0.15, -0.1) is 0 Å². The van der Waals surface area contributed by atoms with Gasteiger partial charge in [0, 0.05) is 11.3 Å². The van der Waals surface area contributed by atoms with Gasteiger partial charge in [-0.1, -0.05) is 91.5 Å². The highest BCUT2D eigenvalue weighted by atomic mass is 14.6. The Morgan fingerprint density at radius 3 is 2.24 bits per heavy atom. The number of allylic oxidation sites excluding steroid dienone is 2. The second-order valence-electron chi connectivity index (χ2n) is 6.15. The fourth-order valence-corrected chi connectivity index (χ4v) is 3.00. The molecule has 2 N–H and O–H groups in total. The Balaban J connectivity index is 1.79. The standard InChI is InChI=1S/C24H23N/c1-3-8-22-11-7-12-23(24(22)25)18(2)17-19-13-15-21(16-14-19)20-9-5-4-6-10-20/h3-16H,2,17,25H2,1H3/b8-3-. The van der Waals surface area contributed by atoms with Crippen LogP contribution in [-0.2, 0) is 6.42 Å². The molecule has 3 rings (SSSR count). The molecule has 0 aliphatic rings. The normalized spacial score (nSPS) is 10.9. The van der Waals surface area contributed by atoms with E-state index >= 15 is 0 Å². The third-order valence-electron chi connectivity index (χ3n) is 4.35. The van der Waals surface area contributed by atoms with Crippen molar-refractivity contribution in [3.8, 4) is 11.1 Å². The van der Waals surface area contributed by atoms with Crippen LogP contribution in [0.5, 0.6) is 0 Å².